The van der Waals surface area contributed by atoms with Gasteiger partial charge in [0.1, 0.15) is 5.75 Å². The summed E-state index contributed by atoms with van der Waals surface area (Å²) in [4.78, 5) is 0. The van der Waals surface area contributed by atoms with Crippen LogP contribution in [0.5, 0.6) is 0 Å². The molecular formula is C6H9F6LiO3S. The third-order valence-corrected chi connectivity index (χ3v) is 2.30. The molecule has 0 rings (SSSR count). The molecule has 0 aromatic heterocycles. The fourth-order valence-electron chi connectivity index (χ4n) is 0.807. The molecule has 0 aliphatic rings. The second-order valence-electron chi connectivity index (χ2n) is 2.93. The molecule has 4 atom stereocenters. The molecule has 4 unspecified atom stereocenters. The Balaban J connectivity index is 0. The predicted molar refractivity (Wildman–Crippen MR) is 49.2 cm³/mol. The average Bonchev–Trinajstić information content (AvgIpc) is 2.11. The van der Waals surface area contributed by atoms with Gasteiger partial charge in [-0.25, -0.2) is 26.3 Å². The summed E-state index contributed by atoms with van der Waals surface area (Å²) in [6.45, 7) is 0. The quantitative estimate of drug-likeness (QED) is 0.446. The van der Waals surface area contributed by atoms with Crippen LogP contribution >= 0.6 is 0 Å². The van der Waals surface area contributed by atoms with Crippen LogP contribution in [0, 0.1) is 0 Å². The Morgan fingerprint density at radius 2 is 1.29 bits per heavy atom. The summed E-state index contributed by atoms with van der Waals surface area (Å²) < 4.78 is 101. The van der Waals surface area contributed by atoms with Gasteiger partial charge in [-0.15, -0.1) is 0 Å². The zero-order valence-electron chi connectivity index (χ0n) is 7.53. The molecule has 0 spiro atoms. The van der Waals surface area contributed by atoms with Gasteiger partial charge in [-0.05, 0) is 0 Å². The summed E-state index contributed by atoms with van der Waals surface area (Å²) in [6.07, 6.45) is -17.4. The van der Waals surface area contributed by atoms with E-state index in [1.165, 1.54) is 0 Å². The molecule has 1 N–H and O–H groups in total. The molecule has 17 heavy (non-hydrogen) atoms. The molecule has 0 aliphatic carbocycles. The van der Waals surface area contributed by atoms with Crippen LogP contribution in [0.1, 0.15) is 0 Å². The zero-order chi connectivity index (χ0) is 13.1. The normalized spacial score (nSPS) is 19.3. The molecule has 0 amide bonds. The van der Waals surface area contributed by atoms with Crippen LogP contribution in [0.2, 0.25) is 0 Å². The van der Waals surface area contributed by atoms with E-state index in [1.807, 2.05) is 0 Å². The van der Waals surface area contributed by atoms with Gasteiger partial charge in [-0.3, -0.25) is 4.55 Å². The maximum atomic E-state index is 12.6. The van der Waals surface area contributed by atoms with Gasteiger partial charge in [0.15, 0.2) is 24.7 Å². The van der Waals surface area contributed by atoms with E-state index in [-0.39, 0.29) is 18.9 Å². The number of hydrogen-bond acceptors (Lipinski definition) is 2. The van der Waals surface area contributed by atoms with Gasteiger partial charge < -0.3 is 0 Å². The fraction of sp³-hybridized carbons (Fsp3) is 1.00. The molecule has 3 nitrogen and oxygen atoms in total. The van der Waals surface area contributed by atoms with Gasteiger partial charge in [-0.2, -0.15) is 8.42 Å². The van der Waals surface area contributed by atoms with Crippen molar-refractivity contribution in [1.82, 2.24) is 0 Å². The molecule has 0 radical (unpaired) electrons. The van der Waals surface area contributed by atoms with Crippen molar-refractivity contribution in [2.24, 2.45) is 0 Å². The Hall–Kier alpha value is 0.0874. The first-order valence-electron chi connectivity index (χ1n) is 3.86. The van der Waals surface area contributed by atoms with Gasteiger partial charge in [0.25, 0.3) is 16.5 Å². The molecule has 0 aromatic rings. The Kier molecular flexibility index (Phi) is 8.58. The first-order chi connectivity index (χ1) is 7.06. The molecule has 0 aliphatic heterocycles. The van der Waals surface area contributed by atoms with Gasteiger partial charge in [-0.1, -0.05) is 0 Å². The minimum atomic E-state index is -4.94. The van der Waals surface area contributed by atoms with Crippen LogP contribution in [0.15, 0.2) is 0 Å². The van der Waals surface area contributed by atoms with Crippen LogP contribution in [-0.4, -0.2) is 68.7 Å². The van der Waals surface area contributed by atoms with Crippen LogP contribution in [-0.2, 0) is 10.1 Å². The standard InChI is InChI=1S/C6H8F6O3S.Li.H/c7-2(1-16(13,14)15)3(8)4(9)5(10)6(11)12;;/h2-6H,1H2,(H,13,14,15);;. The van der Waals surface area contributed by atoms with Crippen molar-refractivity contribution in [2.45, 2.75) is 31.1 Å². The SMILES string of the molecule is O=S(=O)(O)CC(F)C(F)C(F)C(F)C(F)F.[LiH]. The molecule has 0 saturated carbocycles. The summed E-state index contributed by atoms with van der Waals surface area (Å²) in [5, 5.41) is 0. The molecule has 0 saturated heterocycles. The molecule has 11 heteroatoms. The van der Waals surface area contributed by atoms with Crippen molar-refractivity contribution < 1.29 is 39.3 Å². The molecule has 100 valence electrons. The minimum absolute atomic E-state index is 0. The van der Waals surface area contributed by atoms with E-state index in [1.54, 1.807) is 0 Å². The molecule has 0 bridgehead atoms. The number of halogens is 6. The monoisotopic (exact) mass is 282 g/mol. The summed E-state index contributed by atoms with van der Waals surface area (Å²) in [5.74, 6) is -1.83. The topological polar surface area (TPSA) is 54.4 Å². The van der Waals surface area contributed by atoms with Gasteiger partial charge >= 0.3 is 18.9 Å². The van der Waals surface area contributed by atoms with E-state index in [0.717, 1.165) is 0 Å². The van der Waals surface area contributed by atoms with Crippen LogP contribution in [0.25, 0.3) is 0 Å². The first-order valence-corrected chi connectivity index (χ1v) is 5.46. The van der Waals surface area contributed by atoms with Crippen molar-refractivity contribution in [3.8, 4) is 0 Å². The maximum absolute atomic E-state index is 12.6. The number of rotatable bonds is 6. The van der Waals surface area contributed by atoms with Crippen LogP contribution in [0.3, 0.4) is 0 Å². The van der Waals surface area contributed by atoms with Crippen molar-refractivity contribution in [3.63, 3.8) is 0 Å². The second kappa shape index (κ2) is 7.51. The van der Waals surface area contributed by atoms with E-state index in [9.17, 15) is 34.8 Å². The second-order valence-corrected chi connectivity index (χ2v) is 4.43. The van der Waals surface area contributed by atoms with E-state index in [2.05, 4.69) is 0 Å². The number of alkyl halides is 6. The van der Waals surface area contributed by atoms with E-state index in [4.69, 9.17) is 4.55 Å². The summed E-state index contributed by atoms with van der Waals surface area (Å²) in [5.41, 5.74) is 0. The third kappa shape index (κ3) is 7.18. The third-order valence-electron chi connectivity index (χ3n) is 1.56. The molecule has 0 fully saturated rings. The molecular weight excluding hydrogens is 273 g/mol. The Bertz CT molecular complexity index is 313. The van der Waals surface area contributed by atoms with Crippen LogP contribution < -0.4 is 0 Å². The first kappa shape index (κ1) is 19.4. The Morgan fingerprint density at radius 1 is 0.882 bits per heavy atom. The molecule has 0 aromatic carbocycles. The fourth-order valence-corrected chi connectivity index (χ4v) is 1.39. The summed E-state index contributed by atoms with van der Waals surface area (Å²) >= 11 is 0. The summed E-state index contributed by atoms with van der Waals surface area (Å²) in [6, 6.07) is 0. The number of hydrogen-bond donors (Lipinski definition) is 1. The van der Waals surface area contributed by atoms with Crippen molar-refractivity contribution in [3.05, 3.63) is 0 Å². The van der Waals surface area contributed by atoms with E-state index >= 15 is 0 Å². The van der Waals surface area contributed by atoms with E-state index < -0.39 is 47.0 Å². The van der Waals surface area contributed by atoms with Crippen molar-refractivity contribution in [2.75, 3.05) is 5.75 Å². The average molecular weight is 282 g/mol. The van der Waals surface area contributed by atoms with Crippen molar-refractivity contribution >= 4 is 29.0 Å². The van der Waals surface area contributed by atoms with Gasteiger partial charge in [0.2, 0.25) is 0 Å². The van der Waals surface area contributed by atoms with Crippen LogP contribution in [0.4, 0.5) is 26.3 Å². The predicted octanol–water partition coefficient (Wildman–Crippen LogP) is 0.843. The van der Waals surface area contributed by atoms with E-state index in [0.29, 0.717) is 0 Å². The molecule has 0 heterocycles. The summed E-state index contributed by atoms with van der Waals surface area (Å²) in [7, 11) is -4.94. The van der Waals surface area contributed by atoms with Gasteiger partial charge in [0.05, 0.1) is 0 Å². The van der Waals surface area contributed by atoms with Crippen molar-refractivity contribution in [1.29, 1.82) is 0 Å². The Labute approximate surface area is 105 Å². The zero-order valence-corrected chi connectivity index (χ0v) is 8.35. The Morgan fingerprint density at radius 3 is 1.59 bits per heavy atom. The van der Waals surface area contributed by atoms with Gasteiger partial charge in [0, 0.05) is 0 Å².